The Hall–Kier alpha value is -1.82. The Labute approximate surface area is 157 Å². The molecule has 1 aromatic heterocycles. The molecule has 2 aromatic rings. The molecular formula is C18H21Cl2N3O2. The summed E-state index contributed by atoms with van der Waals surface area (Å²) >= 11 is 6.16. The molecule has 5 nitrogen and oxygen atoms in total. The highest BCUT2D eigenvalue weighted by molar-refractivity contribution is 6.31. The highest BCUT2D eigenvalue weighted by Crippen LogP contribution is 2.15. The van der Waals surface area contributed by atoms with Crippen molar-refractivity contribution in [3.05, 3.63) is 69.1 Å². The Kier molecular flexibility index (Phi) is 7.05. The number of piperidine rings is 1. The summed E-state index contributed by atoms with van der Waals surface area (Å²) in [5.74, 6) is -0.156. The van der Waals surface area contributed by atoms with Gasteiger partial charge in [0, 0.05) is 29.9 Å². The second-order valence-corrected chi connectivity index (χ2v) is 6.40. The van der Waals surface area contributed by atoms with Gasteiger partial charge in [0.05, 0.1) is 12.1 Å². The molecule has 7 heteroatoms. The standard InChI is InChI=1S/C18H20ClN3O2.ClH/c19-16-6-2-1-4-13(16)11-22-12-14(7-8-17(22)23)18(24)21-15-5-3-9-20-10-15;/h1-2,4,6-8,12,15,20H,3,5,9-11H2,(H,21,24);1H/t15-;/m0./s1. The highest BCUT2D eigenvalue weighted by Gasteiger charge is 2.17. The first kappa shape index (κ1) is 19.5. The van der Waals surface area contributed by atoms with Gasteiger partial charge in [0.1, 0.15) is 0 Å². The first-order valence-electron chi connectivity index (χ1n) is 8.09. The molecule has 25 heavy (non-hydrogen) atoms. The molecule has 2 heterocycles. The summed E-state index contributed by atoms with van der Waals surface area (Å²) in [5.41, 5.74) is 1.16. The van der Waals surface area contributed by atoms with E-state index in [1.54, 1.807) is 18.3 Å². The van der Waals surface area contributed by atoms with Crippen LogP contribution in [0, 0.1) is 0 Å². The van der Waals surface area contributed by atoms with Crippen molar-refractivity contribution < 1.29 is 4.79 Å². The number of carbonyl (C=O) groups excluding carboxylic acids is 1. The van der Waals surface area contributed by atoms with E-state index < -0.39 is 0 Å². The van der Waals surface area contributed by atoms with Crippen LogP contribution in [0.2, 0.25) is 5.02 Å². The zero-order chi connectivity index (χ0) is 16.9. The molecule has 1 aliphatic rings. The van der Waals surface area contributed by atoms with Crippen molar-refractivity contribution in [1.29, 1.82) is 0 Å². The van der Waals surface area contributed by atoms with Crippen LogP contribution in [0.4, 0.5) is 0 Å². The molecule has 1 atom stereocenters. The van der Waals surface area contributed by atoms with Crippen LogP contribution in [-0.4, -0.2) is 29.6 Å². The highest BCUT2D eigenvalue weighted by atomic mass is 35.5. The molecule has 3 rings (SSSR count). The number of nitrogens with one attached hydrogen (secondary N) is 2. The van der Waals surface area contributed by atoms with Crippen LogP contribution in [0.15, 0.2) is 47.4 Å². The topological polar surface area (TPSA) is 63.1 Å². The van der Waals surface area contributed by atoms with Gasteiger partial charge in [-0.05, 0) is 37.1 Å². The molecule has 2 N–H and O–H groups in total. The summed E-state index contributed by atoms with van der Waals surface area (Å²) in [7, 11) is 0. The van der Waals surface area contributed by atoms with E-state index in [2.05, 4.69) is 10.6 Å². The van der Waals surface area contributed by atoms with Crippen LogP contribution in [0.3, 0.4) is 0 Å². The van der Waals surface area contributed by atoms with Gasteiger partial charge in [-0.25, -0.2) is 0 Å². The molecule has 1 fully saturated rings. The molecule has 1 saturated heterocycles. The molecule has 0 radical (unpaired) electrons. The lowest BCUT2D eigenvalue weighted by molar-refractivity contribution is 0.0930. The Morgan fingerprint density at radius 1 is 1.28 bits per heavy atom. The van der Waals surface area contributed by atoms with Crippen molar-refractivity contribution in [2.75, 3.05) is 13.1 Å². The van der Waals surface area contributed by atoms with Gasteiger partial charge < -0.3 is 15.2 Å². The average Bonchev–Trinajstić information content (AvgIpc) is 2.59. The number of halogens is 2. The smallest absolute Gasteiger partial charge is 0.253 e. The third kappa shape index (κ3) is 5.08. The Morgan fingerprint density at radius 2 is 2.08 bits per heavy atom. The molecule has 0 aliphatic carbocycles. The average molecular weight is 382 g/mol. The van der Waals surface area contributed by atoms with E-state index in [0.29, 0.717) is 17.1 Å². The van der Waals surface area contributed by atoms with Gasteiger partial charge in [0.2, 0.25) is 0 Å². The first-order valence-corrected chi connectivity index (χ1v) is 8.47. The Morgan fingerprint density at radius 3 is 2.80 bits per heavy atom. The van der Waals surface area contributed by atoms with E-state index in [9.17, 15) is 9.59 Å². The number of hydrogen-bond donors (Lipinski definition) is 2. The molecule has 0 unspecified atom stereocenters. The maximum Gasteiger partial charge on any atom is 0.253 e. The lowest BCUT2D eigenvalue weighted by Crippen LogP contribution is -2.45. The van der Waals surface area contributed by atoms with Crippen LogP contribution in [0.25, 0.3) is 0 Å². The first-order chi connectivity index (χ1) is 11.6. The van der Waals surface area contributed by atoms with Crippen LogP contribution in [-0.2, 0) is 6.54 Å². The largest absolute Gasteiger partial charge is 0.348 e. The van der Waals surface area contributed by atoms with Crippen LogP contribution < -0.4 is 16.2 Å². The van der Waals surface area contributed by atoms with E-state index in [1.165, 1.54) is 10.6 Å². The van der Waals surface area contributed by atoms with Crippen molar-refractivity contribution in [3.8, 4) is 0 Å². The second kappa shape index (κ2) is 9.04. The van der Waals surface area contributed by atoms with Gasteiger partial charge >= 0.3 is 0 Å². The van der Waals surface area contributed by atoms with Crippen molar-refractivity contribution in [1.82, 2.24) is 15.2 Å². The second-order valence-electron chi connectivity index (χ2n) is 5.99. The quantitative estimate of drug-likeness (QED) is 0.854. The van der Waals surface area contributed by atoms with Gasteiger partial charge in [0.25, 0.3) is 11.5 Å². The third-order valence-corrected chi connectivity index (χ3v) is 4.55. The molecule has 0 bridgehead atoms. The van der Waals surface area contributed by atoms with Crippen LogP contribution >= 0.6 is 24.0 Å². The van der Waals surface area contributed by atoms with Crippen molar-refractivity contribution in [3.63, 3.8) is 0 Å². The third-order valence-electron chi connectivity index (χ3n) is 4.18. The number of aromatic nitrogens is 1. The number of amides is 1. The number of pyridine rings is 1. The Bertz CT molecular complexity index is 786. The normalized spacial score (nSPS) is 16.8. The summed E-state index contributed by atoms with van der Waals surface area (Å²) in [5, 5.41) is 6.88. The summed E-state index contributed by atoms with van der Waals surface area (Å²) in [6, 6.07) is 10.5. The fourth-order valence-corrected chi connectivity index (χ4v) is 3.04. The van der Waals surface area contributed by atoms with Gasteiger partial charge in [0.15, 0.2) is 0 Å². The zero-order valence-electron chi connectivity index (χ0n) is 13.7. The minimum atomic E-state index is -0.161. The fourth-order valence-electron chi connectivity index (χ4n) is 2.84. The lowest BCUT2D eigenvalue weighted by Gasteiger charge is -2.23. The van der Waals surface area contributed by atoms with Crippen molar-refractivity contribution in [2.45, 2.75) is 25.4 Å². The van der Waals surface area contributed by atoms with Gasteiger partial charge in [-0.15, -0.1) is 12.4 Å². The number of carbonyl (C=O) groups is 1. The fraction of sp³-hybridized carbons (Fsp3) is 0.333. The lowest BCUT2D eigenvalue weighted by atomic mass is 10.1. The molecule has 0 spiro atoms. The molecule has 1 aromatic carbocycles. The number of rotatable bonds is 4. The number of benzene rings is 1. The van der Waals surface area contributed by atoms with Crippen molar-refractivity contribution in [2.24, 2.45) is 0 Å². The van der Waals surface area contributed by atoms with E-state index in [0.717, 1.165) is 31.5 Å². The van der Waals surface area contributed by atoms with Crippen molar-refractivity contribution >= 4 is 29.9 Å². The maximum atomic E-state index is 12.4. The predicted octanol–water partition coefficient (Wildman–Crippen LogP) is 2.45. The van der Waals surface area contributed by atoms with E-state index >= 15 is 0 Å². The van der Waals surface area contributed by atoms with Gasteiger partial charge in [-0.3, -0.25) is 9.59 Å². The molecular weight excluding hydrogens is 361 g/mol. The Balaban J connectivity index is 0.00000225. The number of hydrogen-bond acceptors (Lipinski definition) is 3. The molecule has 134 valence electrons. The monoisotopic (exact) mass is 381 g/mol. The van der Waals surface area contributed by atoms with E-state index in [4.69, 9.17) is 11.6 Å². The zero-order valence-corrected chi connectivity index (χ0v) is 15.3. The molecule has 1 aliphatic heterocycles. The summed E-state index contributed by atoms with van der Waals surface area (Å²) < 4.78 is 1.51. The summed E-state index contributed by atoms with van der Waals surface area (Å²) in [4.78, 5) is 24.5. The summed E-state index contributed by atoms with van der Waals surface area (Å²) in [6.07, 6.45) is 3.62. The van der Waals surface area contributed by atoms with E-state index in [-0.39, 0.29) is 29.9 Å². The SMILES string of the molecule is Cl.O=C(N[C@H]1CCCNC1)c1ccc(=O)n(Cc2ccccc2Cl)c1. The van der Waals surface area contributed by atoms with Crippen LogP contribution in [0.5, 0.6) is 0 Å². The minimum Gasteiger partial charge on any atom is -0.348 e. The number of nitrogens with zero attached hydrogens (tertiary/aromatic N) is 1. The maximum absolute atomic E-state index is 12.4. The summed E-state index contributed by atoms with van der Waals surface area (Å²) in [6.45, 7) is 2.12. The van der Waals surface area contributed by atoms with E-state index in [1.807, 2.05) is 18.2 Å². The van der Waals surface area contributed by atoms with Gasteiger partial charge in [-0.2, -0.15) is 0 Å². The molecule has 0 saturated carbocycles. The minimum absolute atomic E-state index is 0. The molecule has 1 amide bonds. The van der Waals surface area contributed by atoms with Crippen LogP contribution in [0.1, 0.15) is 28.8 Å². The van der Waals surface area contributed by atoms with Gasteiger partial charge in [-0.1, -0.05) is 29.8 Å². The predicted molar refractivity (Wildman–Crippen MR) is 102 cm³/mol.